The Morgan fingerprint density at radius 1 is 1.24 bits per heavy atom. The minimum absolute atomic E-state index is 0.271. The first-order valence-electron chi connectivity index (χ1n) is 7.08. The third-order valence-corrected chi connectivity index (χ3v) is 3.72. The first kappa shape index (κ1) is 13.6. The average Bonchev–Trinajstić information content (AvgIpc) is 2.53. The molecule has 1 atom stereocenters. The Kier molecular flexibility index (Phi) is 3.88. The van der Waals surface area contributed by atoms with E-state index in [4.69, 9.17) is 10.5 Å². The van der Waals surface area contributed by atoms with Gasteiger partial charge in [-0.1, -0.05) is 30.3 Å². The number of ether oxygens (including phenoxy) is 1. The number of carbonyl (C=O) groups excluding carboxylic acids is 1. The van der Waals surface area contributed by atoms with Crippen molar-refractivity contribution < 1.29 is 9.53 Å². The lowest BCUT2D eigenvalue weighted by Crippen LogP contribution is -2.26. The normalized spacial score (nSPS) is 16.9. The zero-order valence-electron chi connectivity index (χ0n) is 11.7. The van der Waals surface area contributed by atoms with Crippen LogP contribution in [0.1, 0.15) is 33.9 Å². The van der Waals surface area contributed by atoms with Gasteiger partial charge in [0.1, 0.15) is 5.75 Å². The Hall–Kier alpha value is -2.33. The van der Waals surface area contributed by atoms with E-state index in [1.54, 1.807) is 6.07 Å². The highest BCUT2D eigenvalue weighted by atomic mass is 16.5. The Morgan fingerprint density at radius 2 is 2.10 bits per heavy atom. The van der Waals surface area contributed by atoms with Gasteiger partial charge in [0, 0.05) is 30.1 Å². The van der Waals surface area contributed by atoms with E-state index in [-0.39, 0.29) is 6.04 Å². The van der Waals surface area contributed by atoms with E-state index < -0.39 is 5.91 Å². The molecule has 1 amide bonds. The van der Waals surface area contributed by atoms with Crippen molar-refractivity contribution in [2.75, 3.05) is 6.61 Å². The molecule has 21 heavy (non-hydrogen) atoms. The summed E-state index contributed by atoms with van der Waals surface area (Å²) in [4.78, 5) is 11.2. The molecule has 2 aromatic rings. The lowest BCUT2D eigenvalue weighted by Gasteiger charge is -2.26. The highest BCUT2D eigenvalue weighted by molar-refractivity contribution is 5.92. The van der Waals surface area contributed by atoms with Crippen molar-refractivity contribution in [1.82, 2.24) is 5.32 Å². The third kappa shape index (κ3) is 3.06. The van der Waals surface area contributed by atoms with Gasteiger partial charge in [0.25, 0.3) is 0 Å². The quantitative estimate of drug-likeness (QED) is 0.905. The standard InChI is InChI=1S/C17H18N2O2/c18-17(20)13-5-3-4-12(10-13)11-19-15-8-9-21-16-7-2-1-6-14(15)16/h1-7,10,15,19H,8-9,11H2,(H2,18,20). The number of nitrogens with one attached hydrogen (secondary N) is 1. The van der Waals surface area contributed by atoms with Crippen molar-refractivity contribution in [2.24, 2.45) is 5.73 Å². The SMILES string of the molecule is NC(=O)c1cccc(CNC2CCOc3ccccc32)c1. The molecule has 0 saturated carbocycles. The second kappa shape index (κ2) is 5.97. The summed E-state index contributed by atoms with van der Waals surface area (Å²) in [5.41, 5.74) is 8.09. The summed E-state index contributed by atoms with van der Waals surface area (Å²) in [6, 6.07) is 15.8. The number of para-hydroxylation sites is 1. The molecule has 2 aromatic carbocycles. The van der Waals surface area contributed by atoms with Crippen molar-refractivity contribution in [3.05, 3.63) is 65.2 Å². The molecule has 0 spiro atoms. The number of hydrogen-bond donors (Lipinski definition) is 2. The molecule has 1 aliphatic rings. The minimum Gasteiger partial charge on any atom is -0.493 e. The first-order valence-corrected chi connectivity index (χ1v) is 7.08. The second-order valence-electron chi connectivity index (χ2n) is 5.17. The highest BCUT2D eigenvalue weighted by Crippen LogP contribution is 2.31. The summed E-state index contributed by atoms with van der Waals surface area (Å²) < 4.78 is 5.66. The van der Waals surface area contributed by atoms with E-state index in [1.807, 2.05) is 36.4 Å². The predicted molar refractivity (Wildman–Crippen MR) is 81.1 cm³/mol. The van der Waals surface area contributed by atoms with Gasteiger partial charge >= 0.3 is 0 Å². The molecular weight excluding hydrogens is 264 g/mol. The van der Waals surface area contributed by atoms with Gasteiger partial charge in [-0.3, -0.25) is 4.79 Å². The van der Waals surface area contributed by atoms with Crippen molar-refractivity contribution in [3.8, 4) is 5.75 Å². The lowest BCUT2D eigenvalue weighted by molar-refractivity contribution is 0.1000. The van der Waals surface area contributed by atoms with Gasteiger partial charge in [0.15, 0.2) is 0 Å². The van der Waals surface area contributed by atoms with Gasteiger partial charge in [-0.2, -0.15) is 0 Å². The van der Waals surface area contributed by atoms with E-state index in [0.29, 0.717) is 12.1 Å². The van der Waals surface area contributed by atoms with Crippen LogP contribution in [0.25, 0.3) is 0 Å². The number of nitrogens with two attached hydrogens (primary N) is 1. The Balaban J connectivity index is 1.71. The monoisotopic (exact) mass is 282 g/mol. The van der Waals surface area contributed by atoms with Crippen LogP contribution in [0.3, 0.4) is 0 Å². The van der Waals surface area contributed by atoms with Crippen LogP contribution in [0.4, 0.5) is 0 Å². The van der Waals surface area contributed by atoms with Crippen LogP contribution in [0.15, 0.2) is 48.5 Å². The fraction of sp³-hybridized carbons (Fsp3) is 0.235. The van der Waals surface area contributed by atoms with Crippen LogP contribution in [0.5, 0.6) is 5.75 Å². The van der Waals surface area contributed by atoms with E-state index in [2.05, 4.69) is 11.4 Å². The first-order chi connectivity index (χ1) is 10.2. The Bertz CT molecular complexity index is 655. The molecule has 0 aliphatic carbocycles. The molecule has 1 heterocycles. The summed E-state index contributed by atoms with van der Waals surface area (Å²) >= 11 is 0. The maximum absolute atomic E-state index is 11.2. The molecule has 4 nitrogen and oxygen atoms in total. The molecule has 4 heteroatoms. The summed E-state index contributed by atoms with van der Waals surface area (Å²) in [5, 5.41) is 3.53. The summed E-state index contributed by atoms with van der Waals surface area (Å²) in [7, 11) is 0. The van der Waals surface area contributed by atoms with E-state index in [9.17, 15) is 4.79 Å². The van der Waals surface area contributed by atoms with Gasteiger partial charge < -0.3 is 15.8 Å². The molecule has 0 bridgehead atoms. The molecule has 0 saturated heterocycles. The number of fused-ring (bicyclic) bond motifs is 1. The van der Waals surface area contributed by atoms with E-state index in [1.165, 1.54) is 5.56 Å². The third-order valence-electron chi connectivity index (χ3n) is 3.72. The molecule has 1 aliphatic heterocycles. The zero-order chi connectivity index (χ0) is 14.7. The molecule has 3 N–H and O–H groups in total. The number of rotatable bonds is 4. The fourth-order valence-corrected chi connectivity index (χ4v) is 2.63. The molecule has 0 aromatic heterocycles. The highest BCUT2D eigenvalue weighted by Gasteiger charge is 2.20. The Morgan fingerprint density at radius 3 is 2.95 bits per heavy atom. The van der Waals surface area contributed by atoms with Crippen LogP contribution in [0, 0.1) is 0 Å². The predicted octanol–water partition coefficient (Wildman–Crippen LogP) is 2.40. The average molecular weight is 282 g/mol. The van der Waals surface area contributed by atoms with Crippen LogP contribution < -0.4 is 15.8 Å². The lowest BCUT2D eigenvalue weighted by atomic mass is 10.00. The fourth-order valence-electron chi connectivity index (χ4n) is 2.63. The maximum Gasteiger partial charge on any atom is 0.248 e. The van der Waals surface area contributed by atoms with Crippen molar-refractivity contribution in [3.63, 3.8) is 0 Å². The van der Waals surface area contributed by atoms with Gasteiger partial charge in [-0.05, 0) is 23.8 Å². The summed E-state index contributed by atoms with van der Waals surface area (Å²) in [6.07, 6.45) is 0.937. The smallest absolute Gasteiger partial charge is 0.248 e. The topological polar surface area (TPSA) is 64.4 Å². The number of amides is 1. The number of carbonyl (C=O) groups is 1. The molecule has 108 valence electrons. The summed E-state index contributed by atoms with van der Waals surface area (Å²) in [5.74, 6) is 0.556. The van der Waals surface area contributed by atoms with Gasteiger partial charge in [0.05, 0.1) is 6.61 Å². The molecule has 0 radical (unpaired) electrons. The second-order valence-corrected chi connectivity index (χ2v) is 5.17. The van der Waals surface area contributed by atoms with Crippen molar-refractivity contribution in [2.45, 2.75) is 19.0 Å². The minimum atomic E-state index is -0.395. The molecule has 0 fully saturated rings. The van der Waals surface area contributed by atoms with Crippen LogP contribution in [-0.4, -0.2) is 12.5 Å². The largest absolute Gasteiger partial charge is 0.493 e. The van der Waals surface area contributed by atoms with Crippen molar-refractivity contribution in [1.29, 1.82) is 0 Å². The number of benzene rings is 2. The molecule has 1 unspecified atom stereocenters. The van der Waals surface area contributed by atoms with Crippen LogP contribution >= 0.6 is 0 Å². The van der Waals surface area contributed by atoms with Crippen molar-refractivity contribution >= 4 is 5.91 Å². The molecule has 3 rings (SSSR count). The van der Waals surface area contributed by atoms with E-state index >= 15 is 0 Å². The van der Waals surface area contributed by atoms with Gasteiger partial charge in [-0.25, -0.2) is 0 Å². The summed E-state index contributed by atoms with van der Waals surface area (Å²) in [6.45, 7) is 1.41. The van der Waals surface area contributed by atoms with Gasteiger partial charge in [0.2, 0.25) is 5.91 Å². The number of primary amides is 1. The van der Waals surface area contributed by atoms with Gasteiger partial charge in [-0.15, -0.1) is 0 Å². The number of hydrogen-bond acceptors (Lipinski definition) is 3. The van der Waals surface area contributed by atoms with Crippen LogP contribution in [-0.2, 0) is 6.54 Å². The maximum atomic E-state index is 11.2. The zero-order valence-corrected chi connectivity index (χ0v) is 11.7. The Labute approximate surface area is 123 Å². The van der Waals surface area contributed by atoms with E-state index in [0.717, 1.165) is 24.3 Å². The molecular formula is C17H18N2O2. The van der Waals surface area contributed by atoms with Crippen LogP contribution in [0.2, 0.25) is 0 Å².